The first-order valence-corrected chi connectivity index (χ1v) is 10.9. The average molecular weight is 427 g/mol. The summed E-state index contributed by atoms with van der Waals surface area (Å²) in [5.41, 5.74) is 2.89. The summed E-state index contributed by atoms with van der Waals surface area (Å²) in [6.45, 7) is 13.1. The summed E-state index contributed by atoms with van der Waals surface area (Å²) >= 11 is 0. The zero-order chi connectivity index (χ0) is 23.2. The van der Waals surface area contributed by atoms with E-state index in [0.717, 1.165) is 11.1 Å². The first kappa shape index (κ1) is 24.9. The van der Waals surface area contributed by atoms with Crippen molar-refractivity contribution < 1.29 is 15.0 Å². The van der Waals surface area contributed by atoms with Crippen molar-refractivity contribution in [3.05, 3.63) is 71.3 Å². The van der Waals surface area contributed by atoms with Gasteiger partial charge in [-0.15, -0.1) is 0 Å². The van der Waals surface area contributed by atoms with Crippen LogP contribution in [-0.2, 0) is 18.4 Å². The molecule has 0 saturated heterocycles. The Bertz CT molecular complexity index is 820. The summed E-state index contributed by atoms with van der Waals surface area (Å²) in [5.74, 6) is 0. The minimum Gasteiger partial charge on any atom is -0.465 e. The van der Waals surface area contributed by atoms with Gasteiger partial charge >= 0.3 is 6.09 Å². The van der Waals surface area contributed by atoms with Crippen molar-refractivity contribution in [3.8, 4) is 0 Å². The van der Waals surface area contributed by atoms with E-state index in [4.69, 9.17) is 0 Å². The van der Waals surface area contributed by atoms with Crippen LogP contribution in [0.5, 0.6) is 0 Å². The Morgan fingerprint density at radius 2 is 1.52 bits per heavy atom. The van der Waals surface area contributed by atoms with Crippen LogP contribution in [0.2, 0.25) is 0 Å². The van der Waals surface area contributed by atoms with Gasteiger partial charge in [0.1, 0.15) is 0 Å². The number of carbonyl (C=O) groups is 1. The monoisotopic (exact) mass is 426 g/mol. The lowest BCUT2D eigenvalue weighted by Crippen LogP contribution is -2.58. The van der Waals surface area contributed by atoms with E-state index >= 15 is 0 Å². The van der Waals surface area contributed by atoms with E-state index in [0.29, 0.717) is 19.5 Å². The largest absolute Gasteiger partial charge is 0.465 e. The van der Waals surface area contributed by atoms with E-state index in [1.165, 1.54) is 10.5 Å². The van der Waals surface area contributed by atoms with Crippen molar-refractivity contribution in [2.24, 2.45) is 0 Å². The van der Waals surface area contributed by atoms with Gasteiger partial charge in [-0.3, -0.25) is 4.90 Å². The van der Waals surface area contributed by atoms with Crippen molar-refractivity contribution >= 4 is 6.09 Å². The van der Waals surface area contributed by atoms with Gasteiger partial charge in [0.2, 0.25) is 0 Å². The van der Waals surface area contributed by atoms with Crippen LogP contribution in [0.4, 0.5) is 4.79 Å². The Labute approximate surface area is 187 Å². The Morgan fingerprint density at radius 1 is 0.935 bits per heavy atom. The average Bonchev–Trinajstić information content (AvgIpc) is 2.66. The SMILES string of the molecule is CC(C)(C)c1ccc(CNC[C@@H](O)[C@H](Cc2ccccc2)N(C(=O)O)C(C)(C)C)cc1. The lowest BCUT2D eigenvalue weighted by atomic mass is 9.87. The molecule has 0 radical (unpaired) electrons. The van der Waals surface area contributed by atoms with Gasteiger partial charge in [-0.25, -0.2) is 4.79 Å². The molecule has 0 spiro atoms. The molecule has 0 fully saturated rings. The third-order valence-electron chi connectivity index (χ3n) is 5.49. The quantitative estimate of drug-likeness (QED) is 0.566. The molecule has 170 valence electrons. The molecule has 2 atom stereocenters. The molecule has 0 heterocycles. The van der Waals surface area contributed by atoms with Crippen LogP contribution in [0.1, 0.15) is 58.2 Å². The van der Waals surface area contributed by atoms with Gasteiger partial charge in [-0.05, 0) is 49.3 Å². The lowest BCUT2D eigenvalue weighted by molar-refractivity contribution is 0.00770. The molecule has 5 heteroatoms. The molecule has 31 heavy (non-hydrogen) atoms. The van der Waals surface area contributed by atoms with E-state index in [9.17, 15) is 15.0 Å². The molecule has 0 unspecified atom stereocenters. The molecule has 5 nitrogen and oxygen atoms in total. The summed E-state index contributed by atoms with van der Waals surface area (Å²) < 4.78 is 0. The first-order valence-electron chi connectivity index (χ1n) is 10.9. The zero-order valence-corrected chi connectivity index (χ0v) is 19.7. The molecule has 1 amide bonds. The van der Waals surface area contributed by atoms with E-state index in [2.05, 4.69) is 50.4 Å². The molecule has 0 aromatic heterocycles. The number of nitrogens with one attached hydrogen (secondary N) is 1. The van der Waals surface area contributed by atoms with Crippen LogP contribution in [0, 0.1) is 0 Å². The summed E-state index contributed by atoms with van der Waals surface area (Å²) in [7, 11) is 0. The van der Waals surface area contributed by atoms with Crippen LogP contribution in [0.15, 0.2) is 54.6 Å². The topological polar surface area (TPSA) is 72.8 Å². The van der Waals surface area contributed by atoms with Gasteiger partial charge in [0.25, 0.3) is 0 Å². The fourth-order valence-electron chi connectivity index (χ4n) is 3.80. The standard InChI is InChI=1S/C26H38N2O3/c1-25(2,3)21-14-12-20(13-15-21)17-27-18-23(29)22(16-19-10-8-7-9-11-19)28(24(30)31)26(4,5)6/h7-15,22-23,27,29H,16-18H2,1-6H3,(H,30,31)/t22-,23+/m0/s1. The number of hydrogen-bond acceptors (Lipinski definition) is 3. The molecule has 2 aromatic carbocycles. The smallest absolute Gasteiger partial charge is 0.408 e. The van der Waals surface area contributed by atoms with Crippen molar-refractivity contribution in [3.63, 3.8) is 0 Å². The van der Waals surface area contributed by atoms with Crippen LogP contribution in [0.3, 0.4) is 0 Å². The highest BCUT2D eigenvalue weighted by Crippen LogP contribution is 2.24. The van der Waals surface area contributed by atoms with E-state index in [1.807, 2.05) is 51.1 Å². The maximum Gasteiger partial charge on any atom is 0.408 e. The Morgan fingerprint density at radius 3 is 2.00 bits per heavy atom. The summed E-state index contributed by atoms with van der Waals surface area (Å²) in [4.78, 5) is 13.5. The van der Waals surface area contributed by atoms with Crippen LogP contribution >= 0.6 is 0 Å². The summed E-state index contributed by atoms with van der Waals surface area (Å²) in [6, 6.07) is 17.6. The molecule has 3 N–H and O–H groups in total. The number of rotatable bonds is 8. The Balaban J connectivity index is 2.09. The predicted octanol–water partition coefficient (Wildman–Crippen LogP) is 4.82. The van der Waals surface area contributed by atoms with Gasteiger partial charge in [0.15, 0.2) is 0 Å². The fraction of sp³-hybridized carbons (Fsp3) is 0.500. The van der Waals surface area contributed by atoms with Crippen LogP contribution in [0.25, 0.3) is 0 Å². The second-order valence-electron chi connectivity index (χ2n) is 10.2. The predicted molar refractivity (Wildman–Crippen MR) is 126 cm³/mol. The highest BCUT2D eigenvalue weighted by molar-refractivity contribution is 5.66. The number of carboxylic acid groups (broad SMARTS) is 1. The van der Waals surface area contributed by atoms with Gasteiger partial charge in [-0.1, -0.05) is 75.4 Å². The number of nitrogens with zero attached hydrogens (tertiary/aromatic N) is 1. The Kier molecular flexibility index (Phi) is 8.27. The fourth-order valence-corrected chi connectivity index (χ4v) is 3.80. The highest BCUT2D eigenvalue weighted by atomic mass is 16.4. The molecule has 0 saturated carbocycles. The van der Waals surface area contributed by atoms with E-state index < -0.39 is 23.8 Å². The summed E-state index contributed by atoms with van der Waals surface area (Å²) in [6.07, 6.45) is -1.41. The molecule has 2 aromatic rings. The lowest BCUT2D eigenvalue weighted by Gasteiger charge is -2.42. The summed E-state index contributed by atoms with van der Waals surface area (Å²) in [5, 5.41) is 24.2. The van der Waals surface area contributed by atoms with E-state index in [1.54, 1.807) is 0 Å². The van der Waals surface area contributed by atoms with E-state index in [-0.39, 0.29) is 5.41 Å². The molecule has 0 bridgehead atoms. The maximum atomic E-state index is 12.1. The molecule has 0 aliphatic rings. The van der Waals surface area contributed by atoms with Gasteiger partial charge in [-0.2, -0.15) is 0 Å². The second-order valence-corrected chi connectivity index (χ2v) is 10.2. The number of aliphatic hydroxyl groups excluding tert-OH is 1. The van der Waals surface area contributed by atoms with Crippen molar-refractivity contribution in [1.82, 2.24) is 10.2 Å². The minimum atomic E-state index is -1.02. The second kappa shape index (κ2) is 10.3. The van der Waals surface area contributed by atoms with Crippen LogP contribution in [-0.4, -0.2) is 45.4 Å². The third-order valence-corrected chi connectivity index (χ3v) is 5.49. The van der Waals surface area contributed by atoms with Gasteiger partial charge in [0.05, 0.1) is 12.1 Å². The third kappa shape index (κ3) is 7.37. The molecule has 2 rings (SSSR count). The number of hydrogen-bond donors (Lipinski definition) is 3. The van der Waals surface area contributed by atoms with Gasteiger partial charge in [0, 0.05) is 18.6 Å². The van der Waals surface area contributed by atoms with Crippen molar-refractivity contribution in [2.75, 3.05) is 6.54 Å². The number of aliphatic hydroxyl groups is 1. The normalized spacial score (nSPS) is 14.2. The first-order chi connectivity index (χ1) is 14.4. The van der Waals surface area contributed by atoms with Crippen molar-refractivity contribution in [1.29, 1.82) is 0 Å². The molecule has 0 aliphatic heterocycles. The molecule has 0 aliphatic carbocycles. The Hall–Kier alpha value is -2.37. The zero-order valence-electron chi connectivity index (χ0n) is 19.7. The highest BCUT2D eigenvalue weighted by Gasteiger charge is 2.37. The minimum absolute atomic E-state index is 0.111. The maximum absolute atomic E-state index is 12.1. The van der Waals surface area contributed by atoms with Gasteiger partial charge < -0.3 is 15.5 Å². The number of amides is 1. The van der Waals surface area contributed by atoms with Crippen molar-refractivity contribution in [2.45, 2.75) is 77.6 Å². The molecular formula is C26H38N2O3. The molecular weight excluding hydrogens is 388 g/mol. The van der Waals surface area contributed by atoms with Crippen LogP contribution < -0.4 is 5.32 Å². The number of benzene rings is 2.